The van der Waals surface area contributed by atoms with Crippen molar-refractivity contribution in [2.24, 2.45) is 5.92 Å². The summed E-state index contributed by atoms with van der Waals surface area (Å²) in [6.45, 7) is 6.58. The van der Waals surface area contributed by atoms with Crippen molar-refractivity contribution in [2.75, 3.05) is 0 Å². The molecule has 1 aliphatic carbocycles. The van der Waals surface area contributed by atoms with Gasteiger partial charge in [0.1, 0.15) is 0 Å². The van der Waals surface area contributed by atoms with Crippen LogP contribution in [-0.2, 0) is 4.74 Å². The van der Waals surface area contributed by atoms with Gasteiger partial charge in [-0.05, 0) is 45.4 Å². The van der Waals surface area contributed by atoms with Crippen molar-refractivity contribution >= 4 is 0 Å². The van der Waals surface area contributed by atoms with E-state index < -0.39 is 0 Å². The fourth-order valence-corrected chi connectivity index (χ4v) is 1.75. The summed E-state index contributed by atoms with van der Waals surface area (Å²) in [5.41, 5.74) is 0. The van der Waals surface area contributed by atoms with Crippen LogP contribution in [0.2, 0.25) is 0 Å². The Morgan fingerprint density at radius 2 is 1.64 bits per heavy atom. The summed E-state index contributed by atoms with van der Waals surface area (Å²) in [5, 5.41) is 0. The third-order valence-electron chi connectivity index (χ3n) is 2.43. The maximum atomic E-state index is 5.74. The van der Waals surface area contributed by atoms with Gasteiger partial charge in [-0.25, -0.2) is 0 Å². The lowest BCUT2D eigenvalue weighted by atomic mass is 9.89. The van der Waals surface area contributed by atoms with Gasteiger partial charge in [0.2, 0.25) is 0 Å². The predicted octanol–water partition coefficient (Wildman–Crippen LogP) is 2.99. The lowest BCUT2D eigenvalue weighted by Crippen LogP contribution is -2.23. The van der Waals surface area contributed by atoms with Gasteiger partial charge in [0.25, 0.3) is 0 Å². The zero-order valence-electron chi connectivity index (χ0n) is 7.97. The fourth-order valence-electron chi connectivity index (χ4n) is 1.75. The quantitative estimate of drug-likeness (QED) is 0.597. The molecule has 0 aliphatic heterocycles. The van der Waals surface area contributed by atoms with Crippen molar-refractivity contribution in [2.45, 2.75) is 58.7 Å². The van der Waals surface area contributed by atoms with Gasteiger partial charge < -0.3 is 4.74 Å². The lowest BCUT2D eigenvalue weighted by Gasteiger charge is -2.27. The molecule has 0 amide bonds. The highest BCUT2D eigenvalue weighted by atomic mass is 16.5. The maximum absolute atomic E-state index is 5.74. The Bertz CT molecular complexity index is 101. The highest BCUT2D eigenvalue weighted by molar-refractivity contribution is 4.70. The molecule has 0 aromatic heterocycles. The second-order valence-corrected chi connectivity index (χ2v) is 4.07. The van der Waals surface area contributed by atoms with E-state index in [9.17, 15) is 0 Å². The van der Waals surface area contributed by atoms with Crippen molar-refractivity contribution in [3.63, 3.8) is 0 Å². The number of hydrogen-bond donors (Lipinski definition) is 0. The Morgan fingerprint density at radius 3 is 2.09 bits per heavy atom. The third kappa shape index (κ3) is 3.24. The molecule has 1 aliphatic rings. The van der Waals surface area contributed by atoms with Crippen LogP contribution in [0.5, 0.6) is 0 Å². The van der Waals surface area contributed by atoms with Crippen LogP contribution in [0.4, 0.5) is 0 Å². The topological polar surface area (TPSA) is 9.23 Å². The monoisotopic (exact) mass is 156 g/mol. The Balaban J connectivity index is 2.17. The number of ether oxygens (including phenoxy) is 1. The predicted molar refractivity (Wildman–Crippen MR) is 47.6 cm³/mol. The van der Waals surface area contributed by atoms with Gasteiger partial charge in [-0.1, -0.05) is 6.92 Å². The van der Waals surface area contributed by atoms with E-state index in [1.165, 1.54) is 25.7 Å². The van der Waals surface area contributed by atoms with E-state index in [1.54, 1.807) is 0 Å². The summed E-state index contributed by atoms with van der Waals surface area (Å²) < 4.78 is 5.74. The molecule has 0 saturated heterocycles. The Kier molecular flexibility index (Phi) is 3.38. The Morgan fingerprint density at radius 1 is 1.09 bits per heavy atom. The Labute approximate surface area is 70.1 Å². The third-order valence-corrected chi connectivity index (χ3v) is 2.43. The van der Waals surface area contributed by atoms with Crippen LogP contribution in [0, 0.1) is 5.92 Å². The van der Waals surface area contributed by atoms with Gasteiger partial charge in [-0.3, -0.25) is 0 Å². The van der Waals surface area contributed by atoms with E-state index in [4.69, 9.17) is 4.74 Å². The summed E-state index contributed by atoms with van der Waals surface area (Å²) in [6.07, 6.45) is 6.24. The van der Waals surface area contributed by atoms with E-state index in [0.717, 1.165) is 5.92 Å². The zero-order valence-corrected chi connectivity index (χ0v) is 7.97. The maximum Gasteiger partial charge on any atom is 0.0578 e. The molecule has 0 aromatic carbocycles. The van der Waals surface area contributed by atoms with Gasteiger partial charge in [0, 0.05) is 0 Å². The molecule has 1 nitrogen and oxygen atoms in total. The normalized spacial score (nSPS) is 32.7. The second kappa shape index (κ2) is 4.10. The number of hydrogen-bond acceptors (Lipinski definition) is 1. The highest BCUT2D eigenvalue weighted by Gasteiger charge is 2.18. The molecule has 0 unspecified atom stereocenters. The molecule has 0 atom stereocenters. The van der Waals surface area contributed by atoms with E-state index in [1.807, 2.05) is 0 Å². The van der Waals surface area contributed by atoms with Gasteiger partial charge in [0.15, 0.2) is 0 Å². The van der Waals surface area contributed by atoms with Gasteiger partial charge in [-0.2, -0.15) is 0 Å². The standard InChI is InChI=1S/C10H20O/c1-8(2)11-10-6-4-9(3)5-7-10/h8-10H,4-7H2,1-3H3/t9-,10+. The molecule has 66 valence electrons. The first-order valence-corrected chi connectivity index (χ1v) is 4.84. The first-order valence-electron chi connectivity index (χ1n) is 4.84. The molecule has 0 radical (unpaired) electrons. The van der Waals surface area contributed by atoms with Crippen molar-refractivity contribution in [1.29, 1.82) is 0 Å². The molecule has 0 aromatic rings. The molecule has 1 rings (SSSR count). The van der Waals surface area contributed by atoms with E-state index in [0.29, 0.717) is 12.2 Å². The largest absolute Gasteiger partial charge is 0.376 e. The van der Waals surface area contributed by atoms with Gasteiger partial charge in [0.05, 0.1) is 12.2 Å². The fraction of sp³-hybridized carbons (Fsp3) is 1.00. The molecule has 1 heteroatoms. The van der Waals surface area contributed by atoms with Gasteiger partial charge >= 0.3 is 0 Å². The van der Waals surface area contributed by atoms with Crippen LogP contribution in [0.3, 0.4) is 0 Å². The van der Waals surface area contributed by atoms with Crippen LogP contribution in [-0.4, -0.2) is 12.2 Å². The van der Waals surface area contributed by atoms with Crippen molar-refractivity contribution in [3.8, 4) is 0 Å². The summed E-state index contributed by atoms with van der Waals surface area (Å²) in [4.78, 5) is 0. The molecular weight excluding hydrogens is 136 g/mol. The van der Waals surface area contributed by atoms with Crippen LogP contribution in [0.1, 0.15) is 46.5 Å². The van der Waals surface area contributed by atoms with Crippen molar-refractivity contribution < 1.29 is 4.74 Å². The van der Waals surface area contributed by atoms with Crippen LogP contribution in [0.25, 0.3) is 0 Å². The molecule has 0 spiro atoms. The number of rotatable bonds is 2. The smallest absolute Gasteiger partial charge is 0.0578 e. The van der Waals surface area contributed by atoms with Crippen molar-refractivity contribution in [1.82, 2.24) is 0 Å². The summed E-state index contributed by atoms with van der Waals surface area (Å²) >= 11 is 0. The summed E-state index contributed by atoms with van der Waals surface area (Å²) in [6, 6.07) is 0. The van der Waals surface area contributed by atoms with E-state index in [2.05, 4.69) is 20.8 Å². The molecule has 1 saturated carbocycles. The van der Waals surface area contributed by atoms with Crippen LogP contribution < -0.4 is 0 Å². The van der Waals surface area contributed by atoms with Crippen LogP contribution in [0.15, 0.2) is 0 Å². The highest BCUT2D eigenvalue weighted by Crippen LogP contribution is 2.25. The molecule has 1 fully saturated rings. The van der Waals surface area contributed by atoms with Gasteiger partial charge in [-0.15, -0.1) is 0 Å². The first-order chi connectivity index (χ1) is 5.18. The minimum Gasteiger partial charge on any atom is -0.376 e. The average Bonchev–Trinajstić information content (AvgIpc) is 1.93. The van der Waals surface area contributed by atoms with E-state index >= 15 is 0 Å². The Hall–Kier alpha value is -0.0400. The minimum atomic E-state index is 0.411. The molecular formula is C10H20O. The lowest BCUT2D eigenvalue weighted by molar-refractivity contribution is -0.0183. The molecule has 0 N–H and O–H groups in total. The summed E-state index contributed by atoms with van der Waals surface area (Å²) in [7, 11) is 0. The van der Waals surface area contributed by atoms with Crippen LogP contribution >= 0.6 is 0 Å². The molecule has 11 heavy (non-hydrogen) atoms. The first kappa shape index (κ1) is 9.05. The van der Waals surface area contributed by atoms with Crippen molar-refractivity contribution in [3.05, 3.63) is 0 Å². The summed E-state index contributed by atoms with van der Waals surface area (Å²) in [5.74, 6) is 0.932. The SMILES string of the molecule is CC(C)O[C@H]1CC[C@@H](C)CC1. The second-order valence-electron chi connectivity index (χ2n) is 4.07. The molecule has 0 heterocycles. The minimum absolute atomic E-state index is 0.411. The zero-order chi connectivity index (χ0) is 8.27. The molecule has 0 bridgehead atoms. The van der Waals surface area contributed by atoms with E-state index in [-0.39, 0.29) is 0 Å². The average molecular weight is 156 g/mol.